The maximum absolute atomic E-state index is 13.6. The van der Waals surface area contributed by atoms with E-state index in [9.17, 15) is 4.39 Å². The lowest BCUT2D eigenvalue weighted by atomic mass is 10.0. The van der Waals surface area contributed by atoms with Crippen LogP contribution < -0.4 is 0 Å². The van der Waals surface area contributed by atoms with Gasteiger partial charge in [0, 0.05) is 5.56 Å². The van der Waals surface area contributed by atoms with Crippen molar-refractivity contribution in [1.82, 2.24) is 0 Å². The summed E-state index contributed by atoms with van der Waals surface area (Å²) in [6.07, 6.45) is 0. The van der Waals surface area contributed by atoms with E-state index in [4.69, 9.17) is 11.6 Å². The van der Waals surface area contributed by atoms with Crippen LogP contribution >= 0.6 is 11.6 Å². The van der Waals surface area contributed by atoms with Crippen LogP contribution in [0.5, 0.6) is 0 Å². The van der Waals surface area contributed by atoms with E-state index in [-0.39, 0.29) is 5.82 Å². The molecule has 2 aromatic rings. The first-order valence-corrected chi connectivity index (χ1v) is 5.07. The zero-order chi connectivity index (χ0) is 10.8. The standard InChI is InChI=1S/C13H10ClF/c1-9-4-2-5-10(8-9)13-11(14)6-3-7-12(13)15/h2-8H,1H3. The van der Waals surface area contributed by atoms with E-state index >= 15 is 0 Å². The Balaban J connectivity index is 2.63. The molecule has 0 unspecified atom stereocenters. The number of benzene rings is 2. The van der Waals surface area contributed by atoms with Gasteiger partial charge in [-0.15, -0.1) is 0 Å². The number of rotatable bonds is 1. The molecule has 0 nitrogen and oxygen atoms in total. The van der Waals surface area contributed by atoms with E-state index in [2.05, 4.69) is 0 Å². The Bertz CT molecular complexity index is 471. The molecule has 0 heterocycles. The largest absolute Gasteiger partial charge is 0.206 e. The normalized spacial score (nSPS) is 10.3. The highest BCUT2D eigenvalue weighted by Crippen LogP contribution is 2.30. The summed E-state index contributed by atoms with van der Waals surface area (Å²) in [6.45, 7) is 1.97. The predicted molar refractivity (Wildman–Crippen MR) is 61.6 cm³/mol. The molecule has 0 bridgehead atoms. The Hall–Kier alpha value is -1.34. The predicted octanol–water partition coefficient (Wildman–Crippen LogP) is 4.45. The number of aryl methyl sites for hydroxylation is 1. The summed E-state index contributed by atoms with van der Waals surface area (Å²) in [5, 5.41) is 0.445. The fourth-order valence-corrected chi connectivity index (χ4v) is 1.85. The van der Waals surface area contributed by atoms with Crippen molar-refractivity contribution < 1.29 is 4.39 Å². The van der Waals surface area contributed by atoms with Gasteiger partial charge in [0.2, 0.25) is 0 Å². The maximum Gasteiger partial charge on any atom is 0.132 e. The fourth-order valence-electron chi connectivity index (χ4n) is 1.57. The number of halogens is 2. The topological polar surface area (TPSA) is 0 Å². The third-order valence-corrected chi connectivity index (χ3v) is 2.58. The van der Waals surface area contributed by atoms with Gasteiger partial charge in [-0.2, -0.15) is 0 Å². The van der Waals surface area contributed by atoms with Crippen molar-refractivity contribution in [3.05, 3.63) is 58.9 Å². The van der Waals surface area contributed by atoms with Crippen LogP contribution in [0.2, 0.25) is 5.02 Å². The Labute approximate surface area is 93.3 Å². The first-order valence-electron chi connectivity index (χ1n) is 4.69. The van der Waals surface area contributed by atoms with E-state index in [0.29, 0.717) is 10.6 Å². The average molecular weight is 221 g/mol. The molecule has 0 aromatic heterocycles. The van der Waals surface area contributed by atoms with Crippen LogP contribution in [0, 0.1) is 12.7 Å². The Morgan fingerprint density at radius 3 is 2.47 bits per heavy atom. The second-order valence-electron chi connectivity index (χ2n) is 3.47. The van der Waals surface area contributed by atoms with Crippen molar-refractivity contribution in [2.45, 2.75) is 6.92 Å². The lowest BCUT2D eigenvalue weighted by Crippen LogP contribution is -1.86. The molecule has 0 saturated carbocycles. The molecule has 0 radical (unpaired) electrons. The summed E-state index contributed by atoms with van der Waals surface area (Å²) in [6, 6.07) is 12.4. The van der Waals surface area contributed by atoms with E-state index in [1.165, 1.54) is 6.07 Å². The molecule has 0 aliphatic carbocycles. The summed E-state index contributed by atoms with van der Waals surface area (Å²) >= 11 is 5.98. The van der Waals surface area contributed by atoms with Crippen LogP contribution in [-0.2, 0) is 0 Å². The minimum absolute atomic E-state index is 0.284. The molecule has 0 aliphatic heterocycles. The quantitative estimate of drug-likeness (QED) is 0.666. The molecule has 15 heavy (non-hydrogen) atoms. The zero-order valence-electron chi connectivity index (χ0n) is 8.30. The molecule has 0 atom stereocenters. The van der Waals surface area contributed by atoms with Crippen LogP contribution in [-0.4, -0.2) is 0 Å². The monoisotopic (exact) mass is 220 g/mol. The van der Waals surface area contributed by atoms with Crippen LogP contribution in [0.1, 0.15) is 5.56 Å². The van der Waals surface area contributed by atoms with Gasteiger partial charge < -0.3 is 0 Å². The highest BCUT2D eigenvalue weighted by Gasteiger charge is 2.08. The second kappa shape index (κ2) is 4.03. The highest BCUT2D eigenvalue weighted by molar-refractivity contribution is 6.33. The molecule has 0 saturated heterocycles. The minimum Gasteiger partial charge on any atom is -0.206 e. The molecule has 0 aliphatic rings. The molecule has 0 amide bonds. The van der Waals surface area contributed by atoms with Gasteiger partial charge in [-0.1, -0.05) is 47.5 Å². The van der Waals surface area contributed by atoms with Gasteiger partial charge in [-0.25, -0.2) is 4.39 Å². The molecule has 0 spiro atoms. The van der Waals surface area contributed by atoms with Crippen molar-refractivity contribution in [3.63, 3.8) is 0 Å². The summed E-state index contributed by atoms with van der Waals surface area (Å²) in [7, 11) is 0. The third kappa shape index (κ3) is 2.02. The van der Waals surface area contributed by atoms with Gasteiger partial charge in [0.15, 0.2) is 0 Å². The van der Waals surface area contributed by atoms with Gasteiger partial charge in [0.1, 0.15) is 5.82 Å². The maximum atomic E-state index is 13.6. The number of hydrogen-bond acceptors (Lipinski definition) is 0. The molecule has 0 N–H and O–H groups in total. The van der Waals surface area contributed by atoms with Gasteiger partial charge >= 0.3 is 0 Å². The molecule has 76 valence electrons. The summed E-state index contributed by atoms with van der Waals surface area (Å²) in [5.41, 5.74) is 2.38. The van der Waals surface area contributed by atoms with Crippen molar-refractivity contribution in [3.8, 4) is 11.1 Å². The Morgan fingerprint density at radius 2 is 1.80 bits per heavy atom. The van der Waals surface area contributed by atoms with Crippen LogP contribution in [0.4, 0.5) is 4.39 Å². The number of hydrogen-bond donors (Lipinski definition) is 0. The SMILES string of the molecule is Cc1cccc(-c2c(F)cccc2Cl)c1. The van der Waals surface area contributed by atoms with Crippen molar-refractivity contribution in [1.29, 1.82) is 0 Å². The summed E-state index contributed by atoms with van der Waals surface area (Å²) in [4.78, 5) is 0. The van der Waals surface area contributed by atoms with Crippen LogP contribution in [0.3, 0.4) is 0 Å². The molecule has 2 heteroatoms. The zero-order valence-corrected chi connectivity index (χ0v) is 9.05. The molecular weight excluding hydrogens is 211 g/mol. The van der Waals surface area contributed by atoms with Crippen molar-refractivity contribution >= 4 is 11.6 Å². The van der Waals surface area contributed by atoms with Gasteiger partial charge in [0.05, 0.1) is 5.02 Å². The smallest absolute Gasteiger partial charge is 0.132 e. The molecule has 0 fully saturated rings. The average Bonchev–Trinajstić information content (AvgIpc) is 2.17. The van der Waals surface area contributed by atoms with Gasteiger partial charge in [-0.05, 0) is 24.6 Å². The Morgan fingerprint density at radius 1 is 1.07 bits per heavy atom. The van der Waals surface area contributed by atoms with Crippen molar-refractivity contribution in [2.24, 2.45) is 0 Å². The molecular formula is C13H10ClF. The molecule has 2 aromatic carbocycles. The van der Waals surface area contributed by atoms with Crippen molar-refractivity contribution in [2.75, 3.05) is 0 Å². The van der Waals surface area contributed by atoms with Crippen LogP contribution in [0.15, 0.2) is 42.5 Å². The minimum atomic E-state index is -0.284. The first-order chi connectivity index (χ1) is 7.18. The van der Waals surface area contributed by atoms with E-state index in [0.717, 1.165) is 11.1 Å². The summed E-state index contributed by atoms with van der Waals surface area (Å²) < 4.78 is 13.6. The van der Waals surface area contributed by atoms with Gasteiger partial charge in [-0.3, -0.25) is 0 Å². The first kappa shape index (κ1) is 10.2. The Kier molecular flexibility index (Phi) is 2.74. The molecule has 2 rings (SSSR count). The van der Waals surface area contributed by atoms with Crippen LogP contribution in [0.25, 0.3) is 11.1 Å². The summed E-state index contributed by atoms with van der Waals surface area (Å²) in [5.74, 6) is -0.284. The van der Waals surface area contributed by atoms with E-state index < -0.39 is 0 Å². The lowest BCUT2D eigenvalue weighted by molar-refractivity contribution is 0.631. The van der Waals surface area contributed by atoms with Gasteiger partial charge in [0.25, 0.3) is 0 Å². The van der Waals surface area contributed by atoms with E-state index in [1.807, 2.05) is 31.2 Å². The highest BCUT2D eigenvalue weighted by atomic mass is 35.5. The second-order valence-corrected chi connectivity index (χ2v) is 3.87. The fraction of sp³-hybridized carbons (Fsp3) is 0.0769. The van der Waals surface area contributed by atoms with E-state index in [1.54, 1.807) is 12.1 Å². The lowest BCUT2D eigenvalue weighted by Gasteiger charge is -2.06. The third-order valence-electron chi connectivity index (χ3n) is 2.27.